The third-order valence-electron chi connectivity index (χ3n) is 5.03. The summed E-state index contributed by atoms with van der Waals surface area (Å²) in [5.74, 6) is 1.81. The first-order valence-corrected chi connectivity index (χ1v) is 11.2. The van der Waals surface area contributed by atoms with Gasteiger partial charge in [-0.05, 0) is 43.4 Å². The quantitative estimate of drug-likeness (QED) is 0.434. The van der Waals surface area contributed by atoms with Crippen LogP contribution in [0.2, 0.25) is 0 Å². The summed E-state index contributed by atoms with van der Waals surface area (Å²) < 4.78 is 5.42. The summed E-state index contributed by atoms with van der Waals surface area (Å²) in [5, 5.41) is 8.14. The van der Waals surface area contributed by atoms with Crippen LogP contribution in [0.5, 0.6) is 0 Å². The van der Waals surface area contributed by atoms with E-state index in [1.54, 1.807) is 6.26 Å². The molecule has 1 aromatic carbocycles. The van der Waals surface area contributed by atoms with Crippen molar-refractivity contribution >= 4 is 17.3 Å². The maximum atomic E-state index is 5.42. The molecule has 0 fully saturated rings. The van der Waals surface area contributed by atoms with Crippen molar-refractivity contribution < 1.29 is 4.42 Å². The zero-order chi connectivity index (χ0) is 19.7. The fraction of sp³-hybridized carbons (Fsp3) is 0.391. The summed E-state index contributed by atoms with van der Waals surface area (Å²) in [6.45, 7) is 2.26. The van der Waals surface area contributed by atoms with E-state index in [2.05, 4.69) is 22.8 Å². The number of fused-ring (bicyclic) bond motifs is 1. The van der Waals surface area contributed by atoms with E-state index in [0.717, 1.165) is 44.1 Å². The molecule has 5 nitrogen and oxygen atoms in total. The molecular weight excluding hydrogens is 380 g/mol. The van der Waals surface area contributed by atoms with Crippen LogP contribution in [0.25, 0.3) is 0 Å². The minimum Gasteiger partial charge on any atom is -0.469 e. The molecule has 0 saturated carbocycles. The molecule has 0 unspecified atom stereocenters. The molecule has 4 rings (SSSR count). The van der Waals surface area contributed by atoms with Crippen LogP contribution < -0.4 is 10.6 Å². The van der Waals surface area contributed by atoms with Crippen molar-refractivity contribution in [3.63, 3.8) is 0 Å². The lowest BCUT2D eigenvalue weighted by molar-refractivity contribution is 0.506. The highest BCUT2D eigenvalue weighted by Gasteiger charge is 2.14. The molecule has 2 N–H and O–H groups in total. The number of rotatable bonds is 8. The summed E-state index contributed by atoms with van der Waals surface area (Å²) >= 11 is 1.89. The van der Waals surface area contributed by atoms with Crippen LogP contribution in [0.1, 0.15) is 39.7 Å². The number of hydrogen-bond donors (Lipinski definition) is 2. The van der Waals surface area contributed by atoms with Crippen molar-refractivity contribution in [2.45, 2.75) is 45.1 Å². The Labute approximate surface area is 176 Å². The van der Waals surface area contributed by atoms with Gasteiger partial charge >= 0.3 is 0 Å². The lowest BCUT2D eigenvalue weighted by atomic mass is 10.0. The number of aromatic nitrogens is 1. The second kappa shape index (κ2) is 10.3. The molecule has 0 bridgehead atoms. The first-order chi connectivity index (χ1) is 14.4. The molecule has 3 aromatic rings. The van der Waals surface area contributed by atoms with Crippen LogP contribution >= 0.6 is 11.3 Å². The normalized spacial score (nSPS) is 13.9. The number of nitrogens with one attached hydrogen (secondary N) is 2. The summed E-state index contributed by atoms with van der Waals surface area (Å²) in [5.41, 5.74) is 2.54. The SMILES string of the molecule is c1ccc(CN=C(NCCc2ccco2)NCCc2nc3c(s2)CCCC3)cc1. The van der Waals surface area contributed by atoms with E-state index in [-0.39, 0.29) is 0 Å². The summed E-state index contributed by atoms with van der Waals surface area (Å²) in [6, 6.07) is 14.3. The van der Waals surface area contributed by atoms with Gasteiger partial charge in [-0.25, -0.2) is 9.98 Å². The first kappa shape index (κ1) is 19.7. The summed E-state index contributed by atoms with van der Waals surface area (Å²) in [6.07, 6.45) is 8.43. The van der Waals surface area contributed by atoms with Crippen LogP contribution in [-0.2, 0) is 32.2 Å². The van der Waals surface area contributed by atoms with E-state index in [1.165, 1.54) is 40.4 Å². The Morgan fingerprint density at radius 1 is 1.00 bits per heavy atom. The first-order valence-electron chi connectivity index (χ1n) is 10.4. The molecule has 29 heavy (non-hydrogen) atoms. The number of hydrogen-bond acceptors (Lipinski definition) is 4. The zero-order valence-corrected chi connectivity index (χ0v) is 17.5. The lowest BCUT2D eigenvalue weighted by Gasteiger charge is -2.12. The average molecular weight is 409 g/mol. The Kier molecular flexibility index (Phi) is 6.97. The molecule has 0 spiro atoms. The van der Waals surface area contributed by atoms with E-state index >= 15 is 0 Å². The third kappa shape index (κ3) is 5.94. The van der Waals surface area contributed by atoms with Gasteiger partial charge in [-0.3, -0.25) is 0 Å². The molecule has 2 aromatic heterocycles. The van der Waals surface area contributed by atoms with Crippen molar-refractivity contribution in [1.82, 2.24) is 15.6 Å². The van der Waals surface area contributed by atoms with Gasteiger partial charge in [0.15, 0.2) is 5.96 Å². The van der Waals surface area contributed by atoms with Crippen molar-refractivity contribution in [2.75, 3.05) is 13.1 Å². The van der Waals surface area contributed by atoms with E-state index in [9.17, 15) is 0 Å². The Morgan fingerprint density at radius 2 is 1.83 bits per heavy atom. The molecular formula is C23H28N4OS. The third-order valence-corrected chi connectivity index (χ3v) is 6.24. The molecule has 1 aliphatic rings. The van der Waals surface area contributed by atoms with Crippen molar-refractivity contribution in [3.8, 4) is 0 Å². The van der Waals surface area contributed by atoms with E-state index in [4.69, 9.17) is 14.4 Å². The highest BCUT2D eigenvalue weighted by molar-refractivity contribution is 7.11. The fourth-order valence-electron chi connectivity index (χ4n) is 3.49. The highest BCUT2D eigenvalue weighted by atomic mass is 32.1. The van der Waals surface area contributed by atoms with Crippen LogP contribution in [0, 0.1) is 0 Å². The zero-order valence-electron chi connectivity index (χ0n) is 16.7. The van der Waals surface area contributed by atoms with E-state index < -0.39 is 0 Å². The Balaban J connectivity index is 1.31. The maximum Gasteiger partial charge on any atom is 0.191 e. The number of nitrogens with zero attached hydrogens (tertiary/aromatic N) is 2. The fourth-order valence-corrected chi connectivity index (χ4v) is 4.64. The monoisotopic (exact) mass is 408 g/mol. The molecule has 0 saturated heterocycles. The Bertz CT molecular complexity index is 879. The number of thiazole rings is 1. The van der Waals surface area contributed by atoms with Gasteiger partial charge in [0.2, 0.25) is 0 Å². The second-order valence-electron chi connectivity index (χ2n) is 7.27. The minimum absolute atomic E-state index is 0.655. The molecule has 0 atom stereocenters. The number of benzene rings is 1. The number of aryl methyl sites for hydroxylation is 2. The molecule has 1 aliphatic carbocycles. The maximum absolute atomic E-state index is 5.42. The largest absolute Gasteiger partial charge is 0.469 e. The predicted octanol–water partition coefficient (Wildman–Crippen LogP) is 4.14. The van der Waals surface area contributed by atoms with Crippen LogP contribution in [0.15, 0.2) is 58.1 Å². The molecule has 2 heterocycles. The molecule has 152 valence electrons. The van der Waals surface area contributed by atoms with Crippen molar-refractivity contribution in [1.29, 1.82) is 0 Å². The van der Waals surface area contributed by atoms with Crippen molar-refractivity contribution in [2.24, 2.45) is 4.99 Å². The minimum atomic E-state index is 0.655. The number of guanidine groups is 1. The van der Waals surface area contributed by atoms with Crippen LogP contribution in [-0.4, -0.2) is 24.0 Å². The highest BCUT2D eigenvalue weighted by Crippen LogP contribution is 2.26. The number of furan rings is 1. The second-order valence-corrected chi connectivity index (χ2v) is 8.44. The van der Waals surface area contributed by atoms with Gasteiger partial charge in [0.25, 0.3) is 0 Å². The Hall–Kier alpha value is -2.60. The molecule has 6 heteroatoms. The predicted molar refractivity (Wildman–Crippen MR) is 118 cm³/mol. The van der Waals surface area contributed by atoms with Crippen LogP contribution in [0.4, 0.5) is 0 Å². The smallest absolute Gasteiger partial charge is 0.191 e. The lowest BCUT2D eigenvalue weighted by Crippen LogP contribution is -2.39. The van der Waals surface area contributed by atoms with Gasteiger partial charge in [-0.15, -0.1) is 11.3 Å². The van der Waals surface area contributed by atoms with Crippen LogP contribution in [0.3, 0.4) is 0 Å². The summed E-state index contributed by atoms with van der Waals surface area (Å²) in [7, 11) is 0. The number of aliphatic imine (C=N–C) groups is 1. The standard InChI is InChI=1S/C23H28N4OS/c1-2-7-18(8-3-1)17-26-23(24-14-12-19-9-6-16-28-19)25-15-13-22-27-20-10-4-5-11-21(20)29-22/h1-3,6-9,16H,4-5,10-15,17H2,(H2,24,25,26). The topological polar surface area (TPSA) is 62.5 Å². The van der Waals surface area contributed by atoms with Gasteiger partial charge in [0.1, 0.15) is 5.76 Å². The molecule has 0 amide bonds. The molecule has 0 radical (unpaired) electrons. The van der Waals surface area contributed by atoms with Gasteiger partial charge in [0.05, 0.1) is 23.5 Å². The Morgan fingerprint density at radius 3 is 2.62 bits per heavy atom. The van der Waals surface area contributed by atoms with Crippen molar-refractivity contribution in [3.05, 3.63) is 75.6 Å². The average Bonchev–Trinajstić information content (AvgIpc) is 3.41. The molecule has 0 aliphatic heterocycles. The summed E-state index contributed by atoms with van der Waals surface area (Å²) in [4.78, 5) is 11.1. The van der Waals surface area contributed by atoms with Gasteiger partial charge in [-0.1, -0.05) is 30.3 Å². The van der Waals surface area contributed by atoms with Gasteiger partial charge in [-0.2, -0.15) is 0 Å². The van der Waals surface area contributed by atoms with E-state index in [1.807, 2.05) is 41.7 Å². The van der Waals surface area contributed by atoms with E-state index in [0.29, 0.717) is 6.54 Å². The van der Waals surface area contributed by atoms with Gasteiger partial charge in [0, 0.05) is 30.8 Å². The van der Waals surface area contributed by atoms with Gasteiger partial charge < -0.3 is 15.1 Å².